The number of hydrogen-bond donors (Lipinski definition) is 1. The van der Waals surface area contributed by atoms with Crippen LogP contribution >= 0.6 is 0 Å². The van der Waals surface area contributed by atoms with Gasteiger partial charge in [-0.25, -0.2) is 0 Å². The Labute approximate surface area is 143 Å². The van der Waals surface area contributed by atoms with Crippen molar-refractivity contribution in [3.8, 4) is 0 Å². The Hall–Kier alpha value is -2.13. The standard InChI is InChI=1S/C21H24N2O/c1-14-6-5-7-16(15(14)2)11-23-12-17-10-22-21(24)19-9-4-3-8-18(19)20(17)13-23/h3-9,17,20H,10-13H2,1-2H3,(H,22,24)/t17-,20-/m1/s1. The quantitative estimate of drug-likeness (QED) is 0.921. The maximum atomic E-state index is 12.3. The summed E-state index contributed by atoms with van der Waals surface area (Å²) in [7, 11) is 0. The van der Waals surface area contributed by atoms with Crippen LogP contribution in [0.3, 0.4) is 0 Å². The molecule has 0 aliphatic carbocycles. The first-order valence-electron chi connectivity index (χ1n) is 8.78. The summed E-state index contributed by atoms with van der Waals surface area (Å²) in [6, 6.07) is 14.7. The molecule has 2 aliphatic heterocycles. The molecule has 1 N–H and O–H groups in total. The molecule has 24 heavy (non-hydrogen) atoms. The SMILES string of the molecule is Cc1cccc(CN2C[C@H]3CNC(=O)c4ccccc4[C@@H]3C2)c1C. The predicted octanol–water partition coefficient (Wildman–Crippen LogP) is 3.26. The lowest BCUT2D eigenvalue weighted by atomic mass is 9.87. The van der Waals surface area contributed by atoms with Crippen LogP contribution in [-0.2, 0) is 6.54 Å². The Morgan fingerprint density at radius 3 is 2.79 bits per heavy atom. The third-order valence-electron chi connectivity index (χ3n) is 5.76. The van der Waals surface area contributed by atoms with Gasteiger partial charge in [0.05, 0.1) is 0 Å². The third kappa shape index (κ3) is 2.63. The minimum Gasteiger partial charge on any atom is -0.352 e. The monoisotopic (exact) mass is 320 g/mol. The zero-order valence-electron chi connectivity index (χ0n) is 14.4. The van der Waals surface area contributed by atoms with Crippen LogP contribution in [0.4, 0.5) is 0 Å². The number of fused-ring (bicyclic) bond motifs is 3. The van der Waals surface area contributed by atoms with Gasteiger partial charge >= 0.3 is 0 Å². The van der Waals surface area contributed by atoms with Gasteiger partial charge in [-0.2, -0.15) is 0 Å². The highest BCUT2D eigenvalue weighted by Crippen LogP contribution is 2.36. The van der Waals surface area contributed by atoms with Gasteiger partial charge in [-0.1, -0.05) is 36.4 Å². The van der Waals surface area contributed by atoms with E-state index in [1.54, 1.807) is 0 Å². The van der Waals surface area contributed by atoms with Crippen molar-refractivity contribution in [2.75, 3.05) is 19.6 Å². The van der Waals surface area contributed by atoms with E-state index < -0.39 is 0 Å². The molecule has 2 aromatic rings. The highest BCUT2D eigenvalue weighted by atomic mass is 16.1. The van der Waals surface area contributed by atoms with Crippen LogP contribution in [0, 0.1) is 19.8 Å². The van der Waals surface area contributed by atoms with Gasteiger partial charge in [-0.3, -0.25) is 9.69 Å². The van der Waals surface area contributed by atoms with Crippen molar-refractivity contribution in [3.63, 3.8) is 0 Å². The van der Waals surface area contributed by atoms with Crippen LogP contribution < -0.4 is 5.32 Å². The van der Waals surface area contributed by atoms with Gasteiger partial charge in [0.2, 0.25) is 0 Å². The minimum absolute atomic E-state index is 0.0843. The number of nitrogens with one attached hydrogen (secondary N) is 1. The Morgan fingerprint density at radius 2 is 1.92 bits per heavy atom. The number of aryl methyl sites for hydroxylation is 1. The van der Waals surface area contributed by atoms with Crippen molar-refractivity contribution in [1.29, 1.82) is 0 Å². The summed E-state index contributed by atoms with van der Waals surface area (Å²) in [5, 5.41) is 3.11. The van der Waals surface area contributed by atoms with Crippen LogP contribution in [0.2, 0.25) is 0 Å². The Morgan fingerprint density at radius 1 is 1.08 bits per heavy atom. The summed E-state index contributed by atoms with van der Waals surface area (Å²) in [5.41, 5.74) is 6.26. The number of nitrogens with zero attached hydrogens (tertiary/aromatic N) is 1. The Kier molecular flexibility index (Phi) is 3.89. The van der Waals surface area contributed by atoms with Gasteiger partial charge in [0.1, 0.15) is 0 Å². The molecule has 2 aromatic carbocycles. The number of hydrogen-bond acceptors (Lipinski definition) is 2. The first kappa shape index (κ1) is 15.4. The van der Waals surface area contributed by atoms with Crippen LogP contribution in [0.1, 0.15) is 38.5 Å². The largest absolute Gasteiger partial charge is 0.352 e. The van der Waals surface area contributed by atoms with E-state index in [1.807, 2.05) is 12.1 Å². The van der Waals surface area contributed by atoms with Crippen LogP contribution in [0.15, 0.2) is 42.5 Å². The molecule has 2 atom stereocenters. The summed E-state index contributed by atoms with van der Waals surface area (Å²) in [5.74, 6) is 1.04. The number of benzene rings is 2. The van der Waals surface area contributed by atoms with Crippen LogP contribution in [0.25, 0.3) is 0 Å². The van der Waals surface area contributed by atoms with E-state index in [0.717, 1.165) is 31.7 Å². The lowest BCUT2D eigenvalue weighted by Gasteiger charge is -2.19. The number of rotatable bonds is 2. The molecule has 1 fully saturated rings. The highest BCUT2D eigenvalue weighted by Gasteiger charge is 2.37. The molecule has 0 bridgehead atoms. The lowest BCUT2D eigenvalue weighted by molar-refractivity contribution is 0.0951. The smallest absolute Gasteiger partial charge is 0.251 e. The van der Waals surface area contributed by atoms with Crippen molar-refractivity contribution in [2.24, 2.45) is 5.92 Å². The molecule has 3 nitrogen and oxygen atoms in total. The molecule has 0 saturated carbocycles. The zero-order valence-corrected chi connectivity index (χ0v) is 14.4. The summed E-state index contributed by atoms with van der Waals surface area (Å²) in [6.45, 7) is 8.25. The fourth-order valence-electron chi connectivity index (χ4n) is 4.22. The van der Waals surface area contributed by atoms with Crippen molar-refractivity contribution in [3.05, 3.63) is 70.3 Å². The second kappa shape index (κ2) is 6.06. The normalized spacial score (nSPS) is 23.3. The number of likely N-dealkylation sites (tertiary alicyclic amines) is 1. The van der Waals surface area contributed by atoms with Gasteiger partial charge in [0.15, 0.2) is 0 Å². The fraction of sp³-hybridized carbons (Fsp3) is 0.381. The number of amides is 1. The first-order chi connectivity index (χ1) is 11.6. The summed E-state index contributed by atoms with van der Waals surface area (Å²) >= 11 is 0. The maximum absolute atomic E-state index is 12.3. The van der Waals surface area contributed by atoms with Crippen molar-refractivity contribution in [1.82, 2.24) is 10.2 Å². The second-order valence-electron chi connectivity index (χ2n) is 7.22. The van der Waals surface area contributed by atoms with Crippen molar-refractivity contribution >= 4 is 5.91 Å². The molecular weight excluding hydrogens is 296 g/mol. The fourth-order valence-corrected chi connectivity index (χ4v) is 4.22. The molecule has 1 amide bonds. The Bertz CT molecular complexity index is 783. The molecule has 124 valence electrons. The molecule has 2 heterocycles. The lowest BCUT2D eigenvalue weighted by Crippen LogP contribution is -2.29. The first-order valence-corrected chi connectivity index (χ1v) is 8.78. The van der Waals surface area contributed by atoms with E-state index in [9.17, 15) is 4.79 Å². The molecule has 1 saturated heterocycles. The number of carbonyl (C=O) groups is 1. The van der Waals surface area contributed by atoms with Gasteiger partial charge in [0, 0.05) is 37.7 Å². The van der Waals surface area contributed by atoms with Gasteiger partial charge < -0.3 is 5.32 Å². The minimum atomic E-state index is 0.0843. The summed E-state index contributed by atoms with van der Waals surface area (Å²) < 4.78 is 0. The predicted molar refractivity (Wildman–Crippen MR) is 96.2 cm³/mol. The average molecular weight is 320 g/mol. The summed E-state index contributed by atoms with van der Waals surface area (Å²) in [6.07, 6.45) is 0. The molecule has 3 heteroatoms. The molecule has 4 rings (SSSR count). The second-order valence-corrected chi connectivity index (χ2v) is 7.22. The third-order valence-corrected chi connectivity index (χ3v) is 5.76. The molecular formula is C21H24N2O. The van der Waals surface area contributed by atoms with E-state index in [0.29, 0.717) is 11.8 Å². The summed E-state index contributed by atoms with van der Waals surface area (Å²) in [4.78, 5) is 14.8. The van der Waals surface area contributed by atoms with Gasteiger partial charge in [-0.05, 0) is 48.1 Å². The van der Waals surface area contributed by atoms with Crippen LogP contribution in [-0.4, -0.2) is 30.4 Å². The molecule has 0 radical (unpaired) electrons. The Balaban J connectivity index is 1.59. The molecule has 0 aromatic heterocycles. The van der Waals surface area contributed by atoms with E-state index in [-0.39, 0.29) is 5.91 Å². The van der Waals surface area contributed by atoms with Crippen molar-refractivity contribution in [2.45, 2.75) is 26.3 Å². The zero-order chi connectivity index (χ0) is 16.7. The molecule has 0 spiro atoms. The van der Waals surface area contributed by atoms with E-state index >= 15 is 0 Å². The van der Waals surface area contributed by atoms with E-state index in [2.05, 4.69) is 54.4 Å². The topological polar surface area (TPSA) is 32.3 Å². The molecule has 0 unspecified atom stereocenters. The molecule has 2 aliphatic rings. The van der Waals surface area contributed by atoms with Crippen molar-refractivity contribution < 1.29 is 4.79 Å². The average Bonchev–Trinajstić information content (AvgIpc) is 2.94. The highest BCUT2D eigenvalue weighted by molar-refractivity contribution is 5.96. The van der Waals surface area contributed by atoms with E-state index in [1.165, 1.54) is 22.3 Å². The number of carbonyl (C=O) groups excluding carboxylic acids is 1. The van der Waals surface area contributed by atoms with Crippen LogP contribution in [0.5, 0.6) is 0 Å². The maximum Gasteiger partial charge on any atom is 0.251 e. The van der Waals surface area contributed by atoms with E-state index in [4.69, 9.17) is 0 Å². The van der Waals surface area contributed by atoms with Gasteiger partial charge in [-0.15, -0.1) is 0 Å². The van der Waals surface area contributed by atoms with Gasteiger partial charge in [0.25, 0.3) is 5.91 Å².